The number of benzene rings is 1. The zero-order chi connectivity index (χ0) is 17.8. The highest BCUT2D eigenvalue weighted by molar-refractivity contribution is 7.13. The van der Waals surface area contributed by atoms with Gasteiger partial charge in [-0.25, -0.2) is 4.98 Å². The number of ether oxygens (including phenoxy) is 1. The molecule has 0 unspecified atom stereocenters. The molecule has 132 valence electrons. The number of rotatable bonds is 3. The Hall–Kier alpha value is -2.41. The van der Waals surface area contributed by atoms with E-state index in [-0.39, 0.29) is 11.8 Å². The highest BCUT2D eigenvalue weighted by atomic mass is 32.1. The van der Waals surface area contributed by atoms with Gasteiger partial charge in [-0.15, -0.1) is 11.3 Å². The molecule has 2 aromatic rings. The number of carbonyl (C=O) groups excluding carboxylic acids is 2. The van der Waals surface area contributed by atoms with Crippen LogP contribution in [0.4, 0.5) is 0 Å². The Morgan fingerprint density at radius 1 is 1.08 bits per heavy atom. The van der Waals surface area contributed by atoms with Crippen LogP contribution in [-0.2, 0) is 4.79 Å². The predicted molar refractivity (Wildman–Crippen MR) is 96.9 cm³/mol. The predicted octanol–water partition coefficient (Wildman–Crippen LogP) is 2.51. The number of hydrogen-bond donors (Lipinski definition) is 0. The first-order valence-electron chi connectivity index (χ1n) is 8.23. The van der Waals surface area contributed by atoms with Crippen LogP contribution in [0, 0.1) is 0 Å². The second-order valence-corrected chi connectivity index (χ2v) is 6.78. The van der Waals surface area contributed by atoms with Gasteiger partial charge in [0.05, 0.1) is 7.11 Å². The molecule has 1 aliphatic rings. The number of methoxy groups -OCH3 is 1. The Kier molecular flexibility index (Phi) is 5.33. The smallest absolute Gasteiger partial charge is 0.273 e. The van der Waals surface area contributed by atoms with Crippen LogP contribution in [0.3, 0.4) is 0 Å². The molecule has 0 saturated carbocycles. The van der Waals surface area contributed by atoms with Crippen LogP contribution in [0.5, 0.6) is 5.75 Å². The molecular formula is C18H21N3O3S. The largest absolute Gasteiger partial charge is 0.497 e. The maximum absolute atomic E-state index is 12.7. The summed E-state index contributed by atoms with van der Waals surface area (Å²) in [6.07, 6.45) is 0.792. The molecule has 1 aromatic carbocycles. The van der Waals surface area contributed by atoms with Gasteiger partial charge in [0.2, 0.25) is 5.91 Å². The molecular weight excluding hydrogens is 338 g/mol. The molecule has 0 N–H and O–H groups in total. The molecule has 25 heavy (non-hydrogen) atoms. The molecule has 0 aliphatic carbocycles. The maximum atomic E-state index is 12.7. The Morgan fingerprint density at radius 2 is 1.76 bits per heavy atom. The fraction of sp³-hybridized carbons (Fsp3) is 0.389. The zero-order valence-corrected chi connectivity index (χ0v) is 15.2. The Bertz CT molecular complexity index is 757. The van der Waals surface area contributed by atoms with E-state index in [1.807, 2.05) is 24.3 Å². The normalized spacial score (nSPS) is 15.0. The van der Waals surface area contributed by atoms with Crippen molar-refractivity contribution in [2.45, 2.75) is 13.3 Å². The second-order valence-electron chi connectivity index (χ2n) is 5.92. The minimum atomic E-state index is -0.0681. The van der Waals surface area contributed by atoms with Crippen molar-refractivity contribution in [3.05, 3.63) is 35.3 Å². The minimum Gasteiger partial charge on any atom is -0.497 e. The van der Waals surface area contributed by atoms with Gasteiger partial charge in [-0.3, -0.25) is 9.59 Å². The average Bonchev–Trinajstić information content (AvgIpc) is 2.98. The van der Waals surface area contributed by atoms with Crippen LogP contribution in [0.25, 0.3) is 10.6 Å². The number of aromatic nitrogens is 1. The van der Waals surface area contributed by atoms with Crippen LogP contribution in [0.2, 0.25) is 0 Å². The highest BCUT2D eigenvalue weighted by Crippen LogP contribution is 2.26. The minimum absolute atomic E-state index is 0.0600. The second kappa shape index (κ2) is 7.65. The highest BCUT2D eigenvalue weighted by Gasteiger charge is 2.23. The van der Waals surface area contributed by atoms with Crippen LogP contribution in [0.15, 0.2) is 29.6 Å². The lowest BCUT2D eigenvalue weighted by atomic mass is 10.2. The summed E-state index contributed by atoms with van der Waals surface area (Å²) in [5.74, 6) is 0.780. The van der Waals surface area contributed by atoms with Gasteiger partial charge in [0.15, 0.2) is 0 Å². The van der Waals surface area contributed by atoms with Crippen molar-refractivity contribution in [1.29, 1.82) is 0 Å². The van der Waals surface area contributed by atoms with Crippen LogP contribution < -0.4 is 4.74 Å². The number of amides is 2. The molecule has 0 radical (unpaired) electrons. The lowest BCUT2D eigenvalue weighted by Gasteiger charge is -2.20. The van der Waals surface area contributed by atoms with Gasteiger partial charge >= 0.3 is 0 Å². The van der Waals surface area contributed by atoms with E-state index in [0.717, 1.165) is 22.7 Å². The lowest BCUT2D eigenvalue weighted by Crippen LogP contribution is -2.36. The van der Waals surface area contributed by atoms with Gasteiger partial charge in [0.25, 0.3) is 5.91 Å². The number of thiazole rings is 1. The fourth-order valence-electron chi connectivity index (χ4n) is 2.84. The molecule has 7 heteroatoms. The van der Waals surface area contributed by atoms with E-state index in [0.29, 0.717) is 31.9 Å². The summed E-state index contributed by atoms with van der Waals surface area (Å²) >= 11 is 1.46. The fourth-order valence-corrected chi connectivity index (χ4v) is 3.64. The standard InChI is InChI=1S/C18H21N3O3S/c1-13(22)20-8-3-9-21(11-10-20)18(23)16-12-25-17(19-16)14-4-6-15(24-2)7-5-14/h4-7,12H,3,8-11H2,1-2H3. The maximum Gasteiger partial charge on any atom is 0.273 e. The van der Waals surface area contributed by atoms with Crippen molar-refractivity contribution in [3.8, 4) is 16.3 Å². The molecule has 6 nitrogen and oxygen atoms in total. The molecule has 2 amide bonds. The Balaban J connectivity index is 1.70. The molecule has 3 rings (SSSR count). The van der Waals surface area contributed by atoms with Gasteiger partial charge in [-0.2, -0.15) is 0 Å². The zero-order valence-electron chi connectivity index (χ0n) is 14.4. The van der Waals surface area contributed by atoms with E-state index >= 15 is 0 Å². The van der Waals surface area contributed by atoms with Crippen molar-refractivity contribution >= 4 is 23.2 Å². The van der Waals surface area contributed by atoms with E-state index in [4.69, 9.17) is 4.74 Å². The first-order valence-corrected chi connectivity index (χ1v) is 9.11. The van der Waals surface area contributed by atoms with Crippen LogP contribution in [-0.4, -0.2) is 59.9 Å². The molecule has 1 aromatic heterocycles. The Morgan fingerprint density at radius 3 is 2.44 bits per heavy atom. The third-order valence-electron chi connectivity index (χ3n) is 4.29. The monoisotopic (exact) mass is 359 g/mol. The van der Waals surface area contributed by atoms with Gasteiger partial charge in [0, 0.05) is 44.0 Å². The number of carbonyl (C=O) groups is 2. The van der Waals surface area contributed by atoms with Gasteiger partial charge in [-0.05, 0) is 30.7 Å². The van der Waals surface area contributed by atoms with E-state index < -0.39 is 0 Å². The van der Waals surface area contributed by atoms with Crippen molar-refractivity contribution < 1.29 is 14.3 Å². The first kappa shape index (κ1) is 17.4. The number of hydrogen-bond acceptors (Lipinski definition) is 5. The van der Waals surface area contributed by atoms with Crippen molar-refractivity contribution in [1.82, 2.24) is 14.8 Å². The quantitative estimate of drug-likeness (QED) is 0.845. The summed E-state index contributed by atoms with van der Waals surface area (Å²) in [6.45, 7) is 4.05. The molecule has 0 spiro atoms. The van der Waals surface area contributed by atoms with Crippen LogP contribution >= 0.6 is 11.3 Å². The summed E-state index contributed by atoms with van der Waals surface area (Å²) in [5, 5.41) is 2.61. The molecule has 2 heterocycles. The van der Waals surface area contributed by atoms with Crippen molar-refractivity contribution in [3.63, 3.8) is 0 Å². The summed E-state index contributed by atoms with van der Waals surface area (Å²) in [6, 6.07) is 7.62. The van der Waals surface area contributed by atoms with Crippen molar-refractivity contribution in [2.75, 3.05) is 33.3 Å². The molecule has 1 fully saturated rings. The SMILES string of the molecule is COc1ccc(-c2nc(C(=O)N3CCCN(C(C)=O)CC3)cs2)cc1. The topological polar surface area (TPSA) is 62.7 Å². The third kappa shape index (κ3) is 3.99. The summed E-state index contributed by atoms with van der Waals surface area (Å²) in [7, 11) is 1.63. The molecule has 1 aliphatic heterocycles. The van der Waals surface area contributed by atoms with E-state index in [1.54, 1.807) is 29.2 Å². The Labute approximate surface area is 151 Å². The summed E-state index contributed by atoms with van der Waals surface area (Å²) in [4.78, 5) is 32.3. The summed E-state index contributed by atoms with van der Waals surface area (Å²) in [5.41, 5.74) is 1.43. The third-order valence-corrected chi connectivity index (χ3v) is 5.18. The van der Waals surface area contributed by atoms with Gasteiger partial charge in [-0.1, -0.05) is 0 Å². The van der Waals surface area contributed by atoms with Crippen molar-refractivity contribution in [2.24, 2.45) is 0 Å². The molecule has 0 bridgehead atoms. The summed E-state index contributed by atoms with van der Waals surface area (Å²) < 4.78 is 5.16. The number of nitrogens with zero attached hydrogens (tertiary/aromatic N) is 3. The average molecular weight is 359 g/mol. The van der Waals surface area contributed by atoms with Crippen LogP contribution in [0.1, 0.15) is 23.8 Å². The molecule has 0 atom stereocenters. The van der Waals surface area contributed by atoms with E-state index in [2.05, 4.69) is 4.98 Å². The van der Waals surface area contributed by atoms with Gasteiger partial charge in [0.1, 0.15) is 16.5 Å². The molecule has 1 saturated heterocycles. The van der Waals surface area contributed by atoms with Gasteiger partial charge < -0.3 is 14.5 Å². The first-order chi connectivity index (χ1) is 12.1. The lowest BCUT2D eigenvalue weighted by molar-refractivity contribution is -0.128. The van der Waals surface area contributed by atoms with E-state index in [9.17, 15) is 9.59 Å². The van der Waals surface area contributed by atoms with E-state index in [1.165, 1.54) is 11.3 Å².